The van der Waals surface area contributed by atoms with Crippen molar-refractivity contribution >= 4 is 5.78 Å². The van der Waals surface area contributed by atoms with Crippen molar-refractivity contribution in [1.29, 1.82) is 0 Å². The van der Waals surface area contributed by atoms with Crippen LogP contribution in [-0.2, 0) is 4.79 Å². The van der Waals surface area contributed by atoms with Gasteiger partial charge < -0.3 is 0 Å². The molecule has 0 aliphatic carbocycles. The molecule has 0 aromatic heterocycles. The van der Waals surface area contributed by atoms with Gasteiger partial charge in [-0.25, -0.2) is 0 Å². The zero-order chi connectivity index (χ0) is 7.72. The van der Waals surface area contributed by atoms with Crippen LogP contribution in [0.3, 0.4) is 0 Å². The lowest BCUT2D eigenvalue weighted by molar-refractivity contribution is -0.504. The van der Waals surface area contributed by atoms with Crippen LogP contribution in [0.4, 0.5) is 0 Å². The van der Waals surface area contributed by atoms with Gasteiger partial charge in [-0.05, 0) is 7.05 Å². The van der Waals surface area contributed by atoms with E-state index >= 15 is 0 Å². The smallest absolute Gasteiger partial charge is 0.284 e. The van der Waals surface area contributed by atoms with E-state index in [0.29, 0.717) is 0 Å². The quantitative estimate of drug-likeness (QED) is 0.355. The Hall–Kier alpha value is -0.970. The van der Waals surface area contributed by atoms with Crippen molar-refractivity contribution < 1.29 is 9.72 Å². The molecule has 1 aliphatic rings. The number of likely N-dealkylation sites (tertiary alicyclic amines) is 1. The molecule has 5 nitrogen and oxygen atoms in total. The monoisotopic (exact) mass is 144 g/mol. The molecule has 0 aromatic carbocycles. The second-order valence-corrected chi connectivity index (χ2v) is 2.46. The summed E-state index contributed by atoms with van der Waals surface area (Å²) in [6.45, 7) is 0.470. The molecule has 1 unspecified atom stereocenters. The summed E-state index contributed by atoms with van der Waals surface area (Å²) in [7, 11) is 1.70. The van der Waals surface area contributed by atoms with E-state index in [1.165, 1.54) is 0 Å². The van der Waals surface area contributed by atoms with Crippen molar-refractivity contribution in [3.05, 3.63) is 10.1 Å². The zero-order valence-electron chi connectivity index (χ0n) is 5.61. The number of carbonyl (C=O) groups is 1. The molecule has 56 valence electrons. The molecular formula is C5H8N2O3. The minimum absolute atomic E-state index is 0.214. The second-order valence-electron chi connectivity index (χ2n) is 2.46. The Morgan fingerprint density at radius 1 is 1.80 bits per heavy atom. The Bertz CT molecular complexity index is 180. The zero-order valence-corrected chi connectivity index (χ0v) is 5.61. The molecule has 0 spiro atoms. The van der Waals surface area contributed by atoms with Gasteiger partial charge in [0, 0.05) is 4.92 Å². The summed E-state index contributed by atoms with van der Waals surface area (Å²) in [5, 5.41) is 10.1. The van der Waals surface area contributed by atoms with Crippen LogP contribution < -0.4 is 0 Å². The first-order valence-electron chi connectivity index (χ1n) is 2.96. The number of rotatable bonds is 1. The third-order valence-corrected chi connectivity index (χ3v) is 1.54. The largest absolute Gasteiger partial charge is 0.292 e. The van der Waals surface area contributed by atoms with Gasteiger partial charge in [-0.15, -0.1) is 0 Å². The maximum atomic E-state index is 10.7. The third-order valence-electron chi connectivity index (χ3n) is 1.54. The number of carbonyl (C=O) groups excluding carboxylic acids is 1. The van der Waals surface area contributed by atoms with Gasteiger partial charge >= 0.3 is 0 Å². The molecule has 0 N–H and O–H groups in total. The number of Topliss-reactive ketones (excluding diaryl/α,β-unsaturated/α-hetero) is 1. The van der Waals surface area contributed by atoms with Gasteiger partial charge in [-0.3, -0.25) is 19.8 Å². The van der Waals surface area contributed by atoms with E-state index in [1.807, 2.05) is 0 Å². The first-order valence-corrected chi connectivity index (χ1v) is 2.96. The summed E-state index contributed by atoms with van der Waals surface area (Å²) in [5.41, 5.74) is 0. The average Bonchev–Trinajstić information content (AvgIpc) is 2.10. The van der Waals surface area contributed by atoms with Crippen LogP contribution in [0.15, 0.2) is 0 Å². The molecule has 5 heteroatoms. The number of nitrogens with zero attached hydrogens (tertiary/aromatic N) is 2. The highest BCUT2D eigenvalue weighted by Crippen LogP contribution is 2.04. The number of likely N-dealkylation sites (N-methyl/N-ethyl adjacent to an activating group) is 1. The Labute approximate surface area is 57.8 Å². The predicted molar refractivity (Wildman–Crippen MR) is 33.3 cm³/mol. The average molecular weight is 144 g/mol. The second kappa shape index (κ2) is 2.34. The number of nitro groups is 1. The normalized spacial score (nSPS) is 27.3. The molecular weight excluding hydrogens is 136 g/mol. The fourth-order valence-electron chi connectivity index (χ4n) is 1.02. The van der Waals surface area contributed by atoms with Crippen LogP contribution in [0, 0.1) is 10.1 Å². The molecule has 0 bridgehead atoms. The highest BCUT2D eigenvalue weighted by Gasteiger charge is 2.37. The van der Waals surface area contributed by atoms with E-state index in [-0.39, 0.29) is 18.9 Å². The van der Waals surface area contributed by atoms with Crippen molar-refractivity contribution in [3.8, 4) is 0 Å². The lowest BCUT2D eigenvalue weighted by Crippen LogP contribution is -2.28. The van der Waals surface area contributed by atoms with Crippen LogP contribution in [0.25, 0.3) is 0 Å². The number of hydrogen-bond donors (Lipinski definition) is 0. The Morgan fingerprint density at radius 2 is 2.40 bits per heavy atom. The summed E-state index contributed by atoms with van der Waals surface area (Å²) in [5.74, 6) is -0.285. The first-order chi connectivity index (χ1) is 4.61. The van der Waals surface area contributed by atoms with Gasteiger partial charge in [0.2, 0.25) is 5.78 Å². The standard InChI is InChI=1S/C5H8N2O3/c1-6-2-4(7(9)10)5(8)3-6/h4H,2-3H2,1H3. The van der Waals surface area contributed by atoms with Crippen LogP contribution in [0.5, 0.6) is 0 Å². The SMILES string of the molecule is CN1CC(=O)C([N+](=O)[O-])C1. The summed E-state index contributed by atoms with van der Waals surface area (Å²) in [6.07, 6.45) is 0. The highest BCUT2D eigenvalue weighted by molar-refractivity contribution is 5.86. The Kier molecular flexibility index (Phi) is 1.67. The maximum Gasteiger partial charge on any atom is 0.284 e. The molecule has 1 rings (SSSR count). The summed E-state index contributed by atoms with van der Waals surface area (Å²) < 4.78 is 0. The van der Waals surface area contributed by atoms with Crippen molar-refractivity contribution in [1.82, 2.24) is 4.90 Å². The van der Waals surface area contributed by atoms with Gasteiger partial charge in [0.25, 0.3) is 6.04 Å². The molecule has 1 heterocycles. The molecule has 0 saturated carbocycles. The van der Waals surface area contributed by atoms with Crippen molar-refractivity contribution in [3.63, 3.8) is 0 Å². The molecule has 1 aliphatic heterocycles. The van der Waals surface area contributed by atoms with E-state index in [1.54, 1.807) is 11.9 Å². The van der Waals surface area contributed by atoms with Crippen molar-refractivity contribution in [2.45, 2.75) is 6.04 Å². The van der Waals surface area contributed by atoms with E-state index in [4.69, 9.17) is 0 Å². The molecule has 10 heavy (non-hydrogen) atoms. The van der Waals surface area contributed by atoms with Crippen LogP contribution >= 0.6 is 0 Å². The van der Waals surface area contributed by atoms with Crippen molar-refractivity contribution in [2.75, 3.05) is 20.1 Å². The van der Waals surface area contributed by atoms with Crippen molar-refractivity contribution in [2.24, 2.45) is 0 Å². The van der Waals surface area contributed by atoms with E-state index in [2.05, 4.69) is 0 Å². The van der Waals surface area contributed by atoms with Gasteiger partial charge in [-0.2, -0.15) is 0 Å². The molecule has 0 aromatic rings. The maximum absolute atomic E-state index is 10.7. The highest BCUT2D eigenvalue weighted by atomic mass is 16.6. The molecule has 1 atom stereocenters. The fourth-order valence-corrected chi connectivity index (χ4v) is 1.02. The van der Waals surface area contributed by atoms with Crippen LogP contribution in [0.2, 0.25) is 0 Å². The topological polar surface area (TPSA) is 63.5 Å². The minimum atomic E-state index is -0.981. The van der Waals surface area contributed by atoms with E-state index < -0.39 is 11.0 Å². The molecule has 1 fully saturated rings. The predicted octanol–water partition coefficient (Wildman–Crippen LogP) is -0.854. The van der Waals surface area contributed by atoms with Crippen LogP contribution in [-0.4, -0.2) is 41.8 Å². The summed E-state index contributed by atoms with van der Waals surface area (Å²) in [6, 6.07) is -0.981. The van der Waals surface area contributed by atoms with E-state index in [9.17, 15) is 14.9 Å². The summed E-state index contributed by atoms with van der Waals surface area (Å²) in [4.78, 5) is 22.0. The Morgan fingerprint density at radius 3 is 2.60 bits per heavy atom. The van der Waals surface area contributed by atoms with Gasteiger partial charge in [0.1, 0.15) is 0 Å². The lowest BCUT2D eigenvalue weighted by Gasteiger charge is -2.00. The fraction of sp³-hybridized carbons (Fsp3) is 0.800. The first kappa shape index (κ1) is 7.14. The van der Waals surface area contributed by atoms with E-state index in [0.717, 1.165) is 0 Å². The van der Waals surface area contributed by atoms with Crippen LogP contribution in [0.1, 0.15) is 0 Å². The molecule has 0 radical (unpaired) electrons. The third kappa shape index (κ3) is 1.13. The Balaban J connectivity index is 2.63. The van der Waals surface area contributed by atoms with Gasteiger partial charge in [0.15, 0.2) is 0 Å². The van der Waals surface area contributed by atoms with Gasteiger partial charge in [0.05, 0.1) is 13.1 Å². The minimum Gasteiger partial charge on any atom is -0.292 e. The molecule has 0 amide bonds. The van der Waals surface area contributed by atoms with Gasteiger partial charge in [-0.1, -0.05) is 0 Å². The lowest BCUT2D eigenvalue weighted by atomic mass is 10.3. The molecule has 1 saturated heterocycles. The number of hydrogen-bond acceptors (Lipinski definition) is 4. The summed E-state index contributed by atoms with van der Waals surface area (Å²) >= 11 is 0. The number of ketones is 1.